The fourth-order valence-electron chi connectivity index (χ4n) is 1.39. The number of carbonyl (C=O) groups is 1. The Kier molecular flexibility index (Phi) is 6.56. The number of nitrogens with zero attached hydrogens (tertiary/aromatic N) is 1. The topological polar surface area (TPSA) is 95.9 Å². The molecule has 1 aromatic heterocycles. The van der Waals surface area contributed by atoms with Gasteiger partial charge in [0.25, 0.3) is 10.0 Å². The minimum absolute atomic E-state index is 0.0135. The largest absolute Gasteiger partial charge is 0.389 e. The van der Waals surface area contributed by atoms with Gasteiger partial charge in [-0.25, -0.2) is 8.42 Å². The van der Waals surface area contributed by atoms with E-state index in [1.165, 1.54) is 20.2 Å². The van der Waals surface area contributed by atoms with Crippen molar-refractivity contribution in [2.75, 3.05) is 33.9 Å². The van der Waals surface area contributed by atoms with Crippen LogP contribution in [0.15, 0.2) is 21.7 Å². The fraction of sp³-hybridized carbons (Fsp3) is 0.545. The van der Waals surface area contributed by atoms with Gasteiger partial charge in [-0.05, 0) is 11.4 Å². The van der Waals surface area contributed by atoms with Crippen LogP contribution in [-0.4, -0.2) is 63.7 Å². The number of methoxy groups -OCH3 is 1. The molecule has 1 amide bonds. The molecule has 1 heterocycles. The quantitative estimate of drug-likeness (QED) is 0.672. The van der Waals surface area contributed by atoms with E-state index in [9.17, 15) is 18.3 Å². The van der Waals surface area contributed by atoms with Crippen molar-refractivity contribution < 1.29 is 23.1 Å². The zero-order valence-corrected chi connectivity index (χ0v) is 12.9. The fourth-order valence-corrected chi connectivity index (χ4v) is 3.72. The summed E-state index contributed by atoms with van der Waals surface area (Å²) < 4.78 is 30.0. The van der Waals surface area contributed by atoms with Crippen LogP contribution in [0.4, 0.5) is 0 Å². The third-order valence-corrected chi connectivity index (χ3v) is 5.60. The summed E-state index contributed by atoms with van der Waals surface area (Å²) in [5, 5.41) is 13.5. The predicted molar refractivity (Wildman–Crippen MR) is 75.0 cm³/mol. The molecule has 20 heavy (non-hydrogen) atoms. The van der Waals surface area contributed by atoms with Crippen LogP contribution in [0.5, 0.6) is 0 Å². The van der Waals surface area contributed by atoms with E-state index in [1.54, 1.807) is 11.4 Å². The molecule has 7 nitrogen and oxygen atoms in total. The van der Waals surface area contributed by atoms with Crippen LogP contribution in [-0.2, 0) is 19.6 Å². The number of aliphatic hydroxyl groups is 1. The van der Waals surface area contributed by atoms with Crippen molar-refractivity contribution in [3.63, 3.8) is 0 Å². The summed E-state index contributed by atoms with van der Waals surface area (Å²) in [6, 6.07) is 3.11. The van der Waals surface area contributed by atoms with Crippen LogP contribution in [0.2, 0.25) is 0 Å². The highest BCUT2D eigenvalue weighted by Crippen LogP contribution is 2.19. The minimum atomic E-state index is -3.64. The second-order valence-corrected chi connectivity index (χ2v) is 7.33. The van der Waals surface area contributed by atoms with Crippen molar-refractivity contribution in [3.8, 4) is 0 Å². The van der Waals surface area contributed by atoms with E-state index in [0.717, 1.165) is 15.6 Å². The number of amides is 1. The summed E-state index contributed by atoms with van der Waals surface area (Å²) in [6.07, 6.45) is -0.817. The third-order valence-electron chi connectivity index (χ3n) is 2.42. The van der Waals surface area contributed by atoms with Gasteiger partial charge < -0.3 is 15.2 Å². The highest BCUT2D eigenvalue weighted by molar-refractivity contribution is 7.91. The zero-order chi connectivity index (χ0) is 15.2. The van der Waals surface area contributed by atoms with Gasteiger partial charge in [0.2, 0.25) is 5.91 Å². The summed E-state index contributed by atoms with van der Waals surface area (Å²) in [7, 11) is -0.865. The summed E-state index contributed by atoms with van der Waals surface area (Å²) in [6.45, 7) is -0.191. The second-order valence-electron chi connectivity index (χ2n) is 4.11. The summed E-state index contributed by atoms with van der Waals surface area (Å²) in [4.78, 5) is 11.6. The highest BCUT2D eigenvalue weighted by Gasteiger charge is 2.23. The molecular formula is C11H18N2O5S2. The molecule has 0 aromatic carbocycles. The normalized spacial score (nSPS) is 13.4. The average molecular weight is 322 g/mol. The molecule has 0 spiro atoms. The van der Waals surface area contributed by atoms with Gasteiger partial charge in [-0.3, -0.25) is 4.79 Å². The molecule has 0 aliphatic heterocycles. The lowest BCUT2D eigenvalue weighted by Crippen LogP contribution is -2.41. The molecule has 1 unspecified atom stereocenters. The molecule has 0 bridgehead atoms. The monoisotopic (exact) mass is 322 g/mol. The number of sulfonamides is 1. The zero-order valence-electron chi connectivity index (χ0n) is 11.3. The lowest BCUT2D eigenvalue weighted by atomic mass is 10.4. The molecule has 0 saturated heterocycles. The molecule has 114 valence electrons. The van der Waals surface area contributed by atoms with Crippen LogP contribution in [0, 0.1) is 0 Å². The van der Waals surface area contributed by atoms with E-state index in [1.807, 2.05) is 0 Å². The van der Waals surface area contributed by atoms with E-state index in [2.05, 4.69) is 5.32 Å². The summed E-state index contributed by atoms with van der Waals surface area (Å²) >= 11 is 1.09. The number of ether oxygens (including phenoxy) is 1. The molecule has 0 aliphatic rings. The molecule has 1 rings (SSSR count). The first-order chi connectivity index (χ1) is 9.37. The molecule has 0 fully saturated rings. The smallest absolute Gasteiger partial charge is 0.252 e. The maximum Gasteiger partial charge on any atom is 0.252 e. The number of thiophene rings is 1. The number of nitrogens with one attached hydrogen (secondary N) is 1. The first-order valence-electron chi connectivity index (χ1n) is 5.81. The second kappa shape index (κ2) is 7.70. The van der Waals surface area contributed by atoms with Crippen LogP contribution in [0.25, 0.3) is 0 Å². The first kappa shape index (κ1) is 17.1. The van der Waals surface area contributed by atoms with Gasteiger partial charge >= 0.3 is 0 Å². The van der Waals surface area contributed by atoms with Crippen LogP contribution in [0.1, 0.15) is 0 Å². The number of hydrogen-bond acceptors (Lipinski definition) is 6. The van der Waals surface area contributed by atoms with Gasteiger partial charge in [-0.15, -0.1) is 11.3 Å². The molecule has 0 aliphatic carbocycles. The molecule has 2 N–H and O–H groups in total. The number of carbonyl (C=O) groups excluding carboxylic acids is 1. The van der Waals surface area contributed by atoms with Crippen LogP contribution >= 0.6 is 11.3 Å². The lowest BCUT2D eigenvalue weighted by molar-refractivity contribution is -0.121. The molecular weight excluding hydrogens is 304 g/mol. The Bertz CT molecular complexity index is 515. The average Bonchev–Trinajstić information content (AvgIpc) is 2.91. The third kappa shape index (κ3) is 4.84. The Morgan fingerprint density at radius 3 is 2.85 bits per heavy atom. The van der Waals surface area contributed by atoms with Crippen molar-refractivity contribution in [1.82, 2.24) is 9.62 Å². The summed E-state index contributed by atoms with van der Waals surface area (Å²) in [5.74, 6) is -0.484. The Hall–Kier alpha value is -1.00. The van der Waals surface area contributed by atoms with Gasteiger partial charge in [0.05, 0.1) is 19.3 Å². The van der Waals surface area contributed by atoms with Crippen LogP contribution < -0.4 is 5.32 Å². The van der Waals surface area contributed by atoms with Crippen molar-refractivity contribution in [3.05, 3.63) is 17.5 Å². The van der Waals surface area contributed by atoms with Gasteiger partial charge in [-0.1, -0.05) is 6.07 Å². The number of aliphatic hydroxyl groups excluding tert-OH is 1. The Morgan fingerprint density at radius 2 is 2.30 bits per heavy atom. The number of rotatable bonds is 8. The Labute approximate surface area is 122 Å². The van der Waals surface area contributed by atoms with Crippen molar-refractivity contribution in [1.29, 1.82) is 0 Å². The molecule has 1 atom stereocenters. The maximum absolute atomic E-state index is 12.1. The van der Waals surface area contributed by atoms with E-state index in [-0.39, 0.29) is 23.9 Å². The van der Waals surface area contributed by atoms with E-state index < -0.39 is 22.0 Å². The van der Waals surface area contributed by atoms with E-state index in [0.29, 0.717) is 0 Å². The standard InChI is InChI=1S/C11H18N2O5S2/c1-13(20(16,17)11-4-3-5-19-11)7-10(15)12-6-9(14)8-18-2/h3-5,9,14H,6-8H2,1-2H3,(H,12,15). The SMILES string of the molecule is COCC(O)CNC(=O)CN(C)S(=O)(=O)c1cccs1. The first-order valence-corrected chi connectivity index (χ1v) is 8.13. The maximum atomic E-state index is 12.1. The van der Waals surface area contributed by atoms with Gasteiger partial charge in [-0.2, -0.15) is 4.31 Å². The predicted octanol–water partition coefficient (Wildman–Crippen LogP) is -0.508. The van der Waals surface area contributed by atoms with E-state index in [4.69, 9.17) is 4.74 Å². The molecule has 0 radical (unpaired) electrons. The number of likely N-dealkylation sites (N-methyl/N-ethyl adjacent to an activating group) is 1. The van der Waals surface area contributed by atoms with E-state index >= 15 is 0 Å². The van der Waals surface area contributed by atoms with Gasteiger partial charge in [0.15, 0.2) is 0 Å². The van der Waals surface area contributed by atoms with Crippen molar-refractivity contribution in [2.24, 2.45) is 0 Å². The highest BCUT2D eigenvalue weighted by atomic mass is 32.2. The summed E-state index contributed by atoms with van der Waals surface area (Å²) in [5.41, 5.74) is 0. The minimum Gasteiger partial charge on any atom is -0.389 e. The lowest BCUT2D eigenvalue weighted by Gasteiger charge is -2.16. The Balaban J connectivity index is 2.50. The molecule has 9 heteroatoms. The number of hydrogen-bond donors (Lipinski definition) is 2. The molecule has 0 saturated carbocycles. The van der Waals surface area contributed by atoms with Gasteiger partial charge in [0, 0.05) is 20.7 Å². The molecule has 1 aromatic rings. The van der Waals surface area contributed by atoms with Crippen molar-refractivity contribution >= 4 is 27.3 Å². The van der Waals surface area contributed by atoms with Crippen LogP contribution in [0.3, 0.4) is 0 Å². The Morgan fingerprint density at radius 1 is 1.60 bits per heavy atom. The van der Waals surface area contributed by atoms with Gasteiger partial charge in [0.1, 0.15) is 4.21 Å². The van der Waals surface area contributed by atoms with Crippen molar-refractivity contribution in [2.45, 2.75) is 10.3 Å².